The highest BCUT2D eigenvalue weighted by Gasteiger charge is 2.27. The molecule has 156 valence electrons. The van der Waals surface area contributed by atoms with Gasteiger partial charge in [-0.3, -0.25) is 0 Å². The third-order valence-corrected chi connectivity index (χ3v) is 8.71. The van der Waals surface area contributed by atoms with Crippen molar-refractivity contribution in [1.29, 1.82) is 0 Å². The van der Waals surface area contributed by atoms with Gasteiger partial charge in [0.15, 0.2) is 14.3 Å². The first-order valence-corrected chi connectivity index (χ1v) is 12.3. The molecular formula is C29H23O2S+. The Balaban J connectivity index is 1.42. The normalized spacial score (nSPS) is 16.1. The van der Waals surface area contributed by atoms with Crippen LogP contribution in [0.25, 0.3) is 25.1 Å². The summed E-state index contributed by atoms with van der Waals surface area (Å²) in [6.45, 7) is 0. The Morgan fingerprint density at radius 1 is 0.781 bits per heavy atom. The lowest BCUT2D eigenvalue weighted by molar-refractivity contribution is 0.0256. The number of carbonyl (C=O) groups is 1. The molecule has 2 nitrogen and oxygen atoms in total. The van der Waals surface area contributed by atoms with Crippen molar-refractivity contribution in [2.45, 2.75) is 25.4 Å². The third kappa shape index (κ3) is 3.21. The first-order valence-electron chi connectivity index (χ1n) is 11.1. The summed E-state index contributed by atoms with van der Waals surface area (Å²) in [6.07, 6.45) is 2.83. The van der Waals surface area contributed by atoms with E-state index in [2.05, 4.69) is 78.9 Å². The minimum Gasteiger partial charge on any atom is -0.454 e. The number of carbonyl (C=O) groups excluding carboxylic acids is 1. The lowest BCUT2D eigenvalue weighted by atomic mass is 9.89. The summed E-state index contributed by atoms with van der Waals surface area (Å²) in [6, 6.07) is 33.6. The zero-order chi connectivity index (χ0) is 21.5. The third-order valence-electron chi connectivity index (χ3n) is 6.37. The number of rotatable bonds is 3. The standard InChI is InChI=1S/C29H23O2S/c30-29(31-26-15-8-10-20-9-4-5-13-23(20)26)21-17-18-28-25(19-21)24-14-6-7-16-27(24)32(28)22-11-2-1-3-12-22/h1-7,9,11-14,16-19,26H,8,10,15H2/q+1. The molecule has 0 spiro atoms. The fraction of sp³-hybridized carbons (Fsp3) is 0.138. The molecule has 1 aromatic heterocycles. The maximum Gasteiger partial charge on any atom is 0.338 e. The summed E-state index contributed by atoms with van der Waals surface area (Å²) >= 11 is 0. The second-order valence-corrected chi connectivity index (χ2v) is 10.3. The van der Waals surface area contributed by atoms with Crippen molar-refractivity contribution in [2.24, 2.45) is 0 Å². The van der Waals surface area contributed by atoms with Crippen LogP contribution in [0, 0.1) is 0 Å². The Morgan fingerprint density at radius 3 is 2.44 bits per heavy atom. The summed E-state index contributed by atoms with van der Waals surface area (Å²) in [4.78, 5) is 14.5. The smallest absolute Gasteiger partial charge is 0.338 e. The number of esters is 1. The summed E-state index contributed by atoms with van der Waals surface area (Å²) < 4.78 is 8.62. The number of benzene rings is 4. The second-order valence-electron chi connectivity index (χ2n) is 8.31. The molecular weight excluding hydrogens is 412 g/mol. The van der Waals surface area contributed by atoms with Gasteiger partial charge in [-0.2, -0.15) is 0 Å². The molecule has 0 radical (unpaired) electrons. The van der Waals surface area contributed by atoms with Crippen LogP contribution in [0.4, 0.5) is 0 Å². The molecule has 0 N–H and O–H groups in total. The predicted octanol–water partition coefficient (Wildman–Crippen LogP) is 7.97. The van der Waals surface area contributed by atoms with Crippen molar-refractivity contribution in [3.63, 3.8) is 0 Å². The largest absolute Gasteiger partial charge is 0.454 e. The highest BCUT2D eigenvalue weighted by Crippen LogP contribution is 2.48. The van der Waals surface area contributed by atoms with Crippen LogP contribution in [0.2, 0.25) is 0 Å². The van der Waals surface area contributed by atoms with Crippen molar-refractivity contribution in [2.75, 3.05) is 0 Å². The summed E-state index contributed by atoms with van der Waals surface area (Å²) in [5.41, 5.74) is 3.08. The number of hydrogen-bond acceptors (Lipinski definition) is 2. The molecule has 1 heterocycles. The molecule has 0 fully saturated rings. The van der Waals surface area contributed by atoms with Gasteiger partial charge in [0.2, 0.25) is 0 Å². The van der Waals surface area contributed by atoms with E-state index in [1.807, 2.05) is 18.2 Å². The van der Waals surface area contributed by atoms with Gasteiger partial charge in [-0.15, -0.1) is 0 Å². The van der Waals surface area contributed by atoms with Gasteiger partial charge in [-0.25, -0.2) is 4.79 Å². The Hall–Kier alpha value is -3.43. The van der Waals surface area contributed by atoms with Gasteiger partial charge < -0.3 is 4.74 Å². The number of hydrogen-bond donors (Lipinski definition) is 0. The molecule has 0 amide bonds. The van der Waals surface area contributed by atoms with Crippen molar-refractivity contribution in [3.05, 3.63) is 114 Å². The van der Waals surface area contributed by atoms with Crippen LogP contribution in [0.3, 0.4) is 0 Å². The molecule has 3 heteroatoms. The van der Waals surface area contributed by atoms with Gasteiger partial charge in [0, 0.05) is 21.2 Å². The molecule has 5 aromatic rings. The second kappa shape index (κ2) is 7.92. The quantitative estimate of drug-likeness (QED) is 0.212. The molecule has 6 rings (SSSR count). The molecule has 2 unspecified atom stereocenters. The minimum atomic E-state index is -0.238. The van der Waals surface area contributed by atoms with E-state index in [1.165, 1.54) is 25.2 Å². The van der Waals surface area contributed by atoms with E-state index < -0.39 is 0 Å². The Morgan fingerprint density at radius 2 is 1.53 bits per heavy atom. The van der Waals surface area contributed by atoms with Crippen LogP contribution in [0.5, 0.6) is 0 Å². The Kier molecular flexibility index (Phi) is 4.77. The fourth-order valence-electron chi connectivity index (χ4n) is 4.87. The molecule has 32 heavy (non-hydrogen) atoms. The van der Waals surface area contributed by atoms with Gasteiger partial charge in [0.05, 0.1) is 5.56 Å². The maximum absolute atomic E-state index is 13.2. The SMILES string of the molecule is O=C(OC1CCCc2ccccc21)c1ccc2c(c1)c1ccccc1[s+]2-c1ccccc1. The minimum absolute atomic E-state index is 0.150. The lowest BCUT2D eigenvalue weighted by Gasteiger charge is -2.25. The lowest BCUT2D eigenvalue weighted by Crippen LogP contribution is -2.16. The van der Waals surface area contributed by atoms with Crippen LogP contribution in [0.15, 0.2) is 97.1 Å². The average molecular weight is 436 g/mol. The van der Waals surface area contributed by atoms with Gasteiger partial charge in [-0.1, -0.05) is 54.6 Å². The van der Waals surface area contributed by atoms with Gasteiger partial charge in [0.25, 0.3) is 0 Å². The molecule has 0 bridgehead atoms. The first-order chi connectivity index (χ1) is 15.8. The molecule has 1 aliphatic rings. The molecule has 4 aromatic carbocycles. The van der Waals surface area contributed by atoms with Crippen molar-refractivity contribution < 1.29 is 9.53 Å². The predicted molar refractivity (Wildman–Crippen MR) is 133 cm³/mol. The van der Waals surface area contributed by atoms with Gasteiger partial charge in [-0.05, 0) is 72.9 Å². The van der Waals surface area contributed by atoms with Crippen molar-refractivity contribution in [1.82, 2.24) is 0 Å². The average Bonchev–Trinajstić information content (AvgIpc) is 3.18. The highest BCUT2D eigenvalue weighted by molar-refractivity contribution is 7.50. The van der Waals surface area contributed by atoms with E-state index in [-0.39, 0.29) is 22.5 Å². The molecule has 0 aliphatic heterocycles. The number of thiophene rings is 1. The van der Waals surface area contributed by atoms with E-state index in [1.54, 1.807) is 0 Å². The zero-order valence-electron chi connectivity index (χ0n) is 17.7. The highest BCUT2D eigenvalue weighted by atomic mass is 32.2. The van der Waals surface area contributed by atoms with Crippen LogP contribution < -0.4 is 0 Å². The fourth-order valence-corrected chi connectivity index (χ4v) is 7.25. The van der Waals surface area contributed by atoms with E-state index in [9.17, 15) is 4.79 Å². The Labute approximate surface area is 190 Å². The number of aryl methyl sites for hydroxylation is 1. The first kappa shape index (κ1) is 19.3. The molecule has 0 saturated carbocycles. The summed E-state index contributed by atoms with van der Waals surface area (Å²) in [5.74, 6) is -0.238. The van der Waals surface area contributed by atoms with Crippen LogP contribution >= 0.6 is 10.5 Å². The monoisotopic (exact) mass is 435 g/mol. The number of ether oxygens (including phenoxy) is 1. The molecule has 0 saturated heterocycles. The maximum atomic E-state index is 13.2. The van der Waals surface area contributed by atoms with E-state index >= 15 is 0 Å². The van der Waals surface area contributed by atoms with Crippen molar-refractivity contribution >= 4 is 36.6 Å². The van der Waals surface area contributed by atoms with E-state index in [0.29, 0.717) is 5.56 Å². The van der Waals surface area contributed by atoms with Crippen LogP contribution in [0.1, 0.15) is 40.4 Å². The topological polar surface area (TPSA) is 26.3 Å². The van der Waals surface area contributed by atoms with E-state index in [4.69, 9.17) is 4.74 Å². The molecule has 2 atom stereocenters. The van der Waals surface area contributed by atoms with Gasteiger partial charge in [0.1, 0.15) is 6.10 Å². The van der Waals surface area contributed by atoms with Gasteiger partial charge >= 0.3 is 5.97 Å². The van der Waals surface area contributed by atoms with E-state index in [0.717, 1.165) is 30.2 Å². The molecule has 1 aliphatic carbocycles. The number of fused-ring (bicyclic) bond motifs is 4. The Bertz CT molecular complexity index is 1450. The van der Waals surface area contributed by atoms with Crippen LogP contribution in [-0.2, 0) is 11.2 Å². The van der Waals surface area contributed by atoms with Crippen molar-refractivity contribution in [3.8, 4) is 4.90 Å². The summed E-state index contributed by atoms with van der Waals surface area (Å²) in [7, 11) is -0.150. The zero-order valence-corrected chi connectivity index (χ0v) is 18.5. The summed E-state index contributed by atoms with van der Waals surface area (Å²) in [5, 5.41) is 2.36. The van der Waals surface area contributed by atoms with Crippen LogP contribution in [-0.4, -0.2) is 5.97 Å².